The molecule has 0 aromatic carbocycles. The molecular formula is C21H27N7O2. The van der Waals surface area contributed by atoms with Gasteiger partial charge in [-0.25, -0.2) is 0 Å². The standard InChI is InChI=1S/C21H27N7O2/c1-12-4-17(27-26-12)22-16-7-18(28-2-3-30-11-28)24-20(23-16)25-19-14-5-13-6-15(19)10-21(29,8-13)9-14/h2-4,7,13-15,19,29H,5-6,8-11H2,1H3,(H3,22,23,24,25,26,27). The van der Waals surface area contributed by atoms with Crippen LogP contribution in [0.1, 0.15) is 37.8 Å². The Hall–Kier alpha value is -2.81. The van der Waals surface area contributed by atoms with Crippen molar-refractivity contribution >= 4 is 23.4 Å². The van der Waals surface area contributed by atoms with Crippen molar-refractivity contribution in [3.05, 3.63) is 30.3 Å². The van der Waals surface area contributed by atoms with Crippen LogP contribution in [0, 0.1) is 24.7 Å². The van der Waals surface area contributed by atoms with Crippen molar-refractivity contribution in [1.29, 1.82) is 0 Å². The van der Waals surface area contributed by atoms with Gasteiger partial charge in [-0.3, -0.25) is 10.00 Å². The topological polar surface area (TPSA) is 111 Å². The molecule has 4 bridgehead atoms. The van der Waals surface area contributed by atoms with Gasteiger partial charge in [-0.15, -0.1) is 0 Å². The Bertz CT molecular complexity index is 973. The first kappa shape index (κ1) is 18.0. The minimum Gasteiger partial charge on any atom is -0.479 e. The van der Waals surface area contributed by atoms with Gasteiger partial charge in [-0.05, 0) is 56.8 Å². The van der Waals surface area contributed by atoms with Crippen molar-refractivity contribution in [3.63, 3.8) is 0 Å². The van der Waals surface area contributed by atoms with Crippen molar-refractivity contribution in [1.82, 2.24) is 20.2 Å². The molecule has 5 aliphatic rings. The predicted octanol–water partition coefficient (Wildman–Crippen LogP) is 2.87. The van der Waals surface area contributed by atoms with Crippen molar-refractivity contribution in [3.8, 4) is 0 Å². The highest BCUT2D eigenvalue weighted by Crippen LogP contribution is 2.56. The smallest absolute Gasteiger partial charge is 0.226 e. The molecule has 2 unspecified atom stereocenters. The van der Waals surface area contributed by atoms with Crippen molar-refractivity contribution in [2.75, 3.05) is 22.3 Å². The number of ether oxygens (including phenoxy) is 1. The minimum absolute atomic E-state index is 0.308. The maximum Gasteiger partial charge on any atom is 0.226 e. The van der Waals surface area contributed by atoms with E-state index in [2.05, 4.69) is 20.8 Å². The number of nitrogens with zero attached hydrogens (tertiary/aromatic N) is 4. The quantitative estimate of drug-likeness (QED) is 0.597. The molecule has 1 aliphatic heterocycles. The van der Waals surface area contributed by atoms with E-state index in [0.717, 1.165) is 30.8 Å². The number of hydrogen-bond donors (Lipinski definition) is 4. The van der Waals surface area contributed by atoms with E-state index in [-0.39, 0.29) is 0 Å². The summed E-state index contributed by atoms with van der Waals surface area (Å²) in [6.45, 7) is 2.39. The number of anilines is 4. The summed E-state index contributed by atoms with van der Waals surface area (Å²) < 4.78 is 5.35. The number of aromatic amines is 1. The molecule has 30 heavy (non-hydrogen) atoms. The SMILES string of the molecule is Cc1cc(Nc2cc(N3C=COC3)nc(NC3C4CC5CC3CC(O)(C5)C4)n2)n[nH]1. The van der Waals surface area contributed by atoms with Crippen LogP contribution < -0.4 is 15.5 Å². The Morgan fingerprint density at radius 3 is 2.67 bits per heavy atom. The molecule has 4 fully saturated rings. The molecule has 7 rings (SSSR count). The van der Waals surface area contributed by atoms with Crippen LogP contribution in [-0.4, -0.2) is 43.6 Å². The number of nitrogens with one attached hydrogen (secondary N) is 3. The van der Waals surface area contributed by atoms with Crippen LogP contribution in [0.15, 0.2) is 24.6 Å². The van der Waals surface area contributed by atoms with Gasteiger partial charge in [0.2, 0.25) is 5.95 Å². The molecule has 9 nitrogen and oxygen atoms in total. The van der Waals surface area contributed by atoms with E-state index in [4.69, 9.17) is 14.7 Å². The maximum absolute atomic E-state index is 10.9. The normalized spacial score (nSPS) is 33.7. The van der Waals surface area contributed by atoms with Gasteiger partial charge >= 0.3 is 0 Å². The van der Waals surface area contributed by atoms with Crippen LogP contribution in [0.25, 0.3) is 0 Å². The molecule has 0 saturated heterocycles. The van der Waals surface area contributed by atoms with Gasteiger partial charge in [0.05, 0.1) is 5.60 Å². The highest BCUT2D eigenvalue weighted by molar-refractivity contribution is 5.60. The summed E-state index contributed by atoms with van der Waals surface area (Å²) in [4.78, 5) is 11.4. The highest BCUT2D eigenvalue weighted by atomic mass is 16.5. The van der Waals surface area contributed by atoms with Gasteiger partial charge in [0.15, 0.2) is 12.5 Å². The number of H-pyrrole nitrogens is 1. The fourth-order valence-electron chi connectivity index (χ4n) is 6.11. The Labute approximate surface area is 174 Å². The molecule has 4 N–H and O–H groups in total. The van der Waals surface area contributed by atoms with Crippen molar-refractivity contribution < 1.29 is 9.84 Å². The van der Waals surface area contributed by atoms with E-state index >= 15 is 0 Å². The summed E-state index contributed by atoms with van der Waals surface area (Å²) in [6.07, 6.45) is 8.67. The number of hydrogen-bond acceptors (Lipinski definition) is 8. The predicted molar refractivity (Wildman–Crippen MR) is 112 cm³/mol. The molecule has 158 valence electrons. The van der Waals surface area contributed by atoms with E-state index in [0.29, 0.717) is 48.1 Å². The van der Waals surface area contributed by atoms with Crippen LogP contribution in [0.4, 0.5) is 23.4 Å². The molecule has 4 aliphatic carbocycles. The van der Waals surface area contributed by atoms with E-state index in [1.165, 1.54) is 12.8 Å². The third-order valence-corrected chi connectivity index (χ3v) is 7.06. The third kappa shape index (κ3) is 3.17. The zero-order chi connectivity index (χ0) is 20.3. The monoisotopic (exact) mass is 409 g/mol. The lowest BCUT2D eigenvalue weighted by molar-refractivity contribution is -0.129. The van der Waals surface area contributed by atoms with Crippen LogP contribution in [0.5, 0.6) is 0 Å². The fraction of sp³-hybridized carbons (Fsp3) is 0.571. The highest BCUT2D eigenvalue weighted by Gasteiger charge is 2.54. The van der Waals surface area contributed by atoms with Gasteiger partial charge in [0, 0.05) is 30.1 Å². The van der Waals surface area contributed by atoms with Gasteiger partial charge in [0.1, 0.15) is 17.9 Å². The molecule has 0 spiro atoms. The zero-order valence-corrected chi connectivity index (χ0v) is 17.0. The molecule has 0 radical (unpaired) electrons. The summed E-state index contributed by atoms with van der Waals surface area (Å²) in [5.74, 6) is 4.39. The average molecular weight is 409 g/mol. The maximum atomic E-state index is 10.9. The van der Waals surface area contributed by atoms with Crippen LogP contribution in [-0.2, 0) is 4.74 Å². The van der Waals surface area contributed by atoms with Gasteiger partial charge in [-0.2, -0.15) is 15.1 Å². The van der Waals surface area contributed by atoms with Gasteiger partial charge in [-0.1, -0.05) is 0 Å². The zero-order valence-electron chi connectivity index (χ0n) is 17.0. The number of aromatic nitrogens is 4. The second-order valence-corrected chi connectivity index (χ2v) is 9.41. The summed E-state index contributed by atoms with van der Waals surface area (Å²) in [6, 6.07) is 4.14. The number of aliphatic hydroxyl groups is 1. The summed E-state index contributed by atoms with van der Waals surface area (Å²) in [5.41, 5.74) is 0.534. The lowest BCUT2D eigenvalue weighted by Crippen LogP contribution is -2.59. The fourth-order valence-corrected chi connectivity index (χ4v) is 6.11. The molecule has 0 amide bonds. The number of aryl methyl sites for hydroxylation is 1. The van der Waals surface area contributed by atoms with Gasteiger partial charge in [0.25, 0.3) is 0 Å². The molecule has 4 saturated carbocycles. The van der Waals surface area contributed by atoms with Crippen LogP contribution >= 0.6 is 0 Å². The first-order valence-electron chi connectivity index (χ1n) is 10.7. The van der Waals surface area contributed by atoms with E-state index in [9.17, 15) is 5.11 Å². The Morgan fingerprint density at radius 1 is 1.17 bits per heavy atom. The van der Waals surface area contributed by atoms with E-state index in [1.807, 2.05) is 30.2 Å². The summed E-state index contributed by atoms with van der Waals surface area (Å²) in [5, 5.41) is 25.0. The lowest BCUT2D eigenvalue weighted by atomic mass is 9.52. The summed E-state index contributed by atoms with van der Waals surface area (Å²) >= 11 is 0. The van der Waals surface area contributed by atoms with Crippen LogP contribution in [0.2, 0.25) is 0 Å². The lowest BCUT2D eigenvalue weighted by Gasteiger charge is -2.58. The Balaban J connectivity index is 1.29. The molecule has 2 aromatic heterocycles. The number of rotatable bonds is 5. The summed E-state index contributed by atoms with van der Waals surface area (Å²) in [7, 11) is 0. The van der Waals surface area contributed by atoms with Gasteiger partial charge < -0.3 is 20.5 Å². The molecule has 2 atom stereocenters. The average Bonchev–Trinajstić information content (AvgIpc) is 3.35. The Kier molecular flexibility index (Phi) is 3.96. The molecule has 2 aromatic rings. The van der Waals surface area contributed by atoms with E-state index < -0.39 is 5.60 Å². The second-order valence-electron chi connectivity index (χ2n) is 9.41. The van der Waals surface area contributed by atoms with Crippen molar-refractivity contribution in [2.45, 2.75) is 50.7 Å². The second kappa shape index (κ2) is 6.60. The van der Waals surface area contributed by atoms with Crippen LogP contribution in [0.3, 0.4) is 0 Å². The molecule has 9 heteroatoms. The third-order valence-electron chi connectivity index (χ3n) is 7.06. The Morgan fingerprint density at radius 2 is 2.00 bits per heavy atom. The molecule has 3 heterocycles. The molecular weight excluding hydrogens is 382 g/mol. The first-order chi connectivity index (χ1) is 14.5. The van der Waals surface area contributed by atoms with E-state index in [1.54, 1.807) is 6.26 Å². The minimum atomic E-state index is -0.445. The largest absolute Gasteiger partial charge is 0.479 e. The van der Waals surface area contributed by atoms with Crippen molar-refractivity contribution in [2.24, 2.45) is 17.8 Å². The first-order valence-corrected chi connectivity index (χ1v) is 10.7.